The van der Waals surface area contributed by atoms with Crippen LogP contribution in [0.15, 0.2) is 10.6 Å². The lowest BCUT2D eigenvalue weighted by Gasteiger charge is -2.58. The normalized spacial score (nSPS) is 43.2. The fourth-order valence-corrected chi connectivity index (χ4v) is 9.08. The molecule has 0 aromatic rings. The summed E-state index contributed by atoms with van der Waals surface area (Å²) in [5.41, 5.74) is 2.07. The molecule has 0 unspecified atom stereocenters. The van der Waals surface area contributed by atoms with E-state index in [1.807, 2.05) is 0 Å². The number of allylic oxidation sites excluding steroid dienone is 1. The van der Waals surface area contributed by atoms with E-state index in [1.165, 1.54) is 56.9 Å². The number of rotatable bonds is 5. The van der Waals surface area contributed by atoms with Crippen molar-refractivity contribution in [1.29, 1.82) is 0 Å². The summed E-state index contributed by atoms with van der Waals surface area (Å²) in [7, 11) is 0. The largest absolute Gasteiger partial charge is 0.293 e. The molecular formula is C27H43ClO. The van der Waals surface area contributed by atoms with Crippen LogP contribution in [0.3, 0.4) is 0 Å². The third kappa shape index (κ3) is 3.56. The van der Waals surface area contributed by atoms with Crippen LogP contribution in [0.5, 0.6) is 0 Å². The van der Waals surface area contributed by atoms with Crippen molar-refractivity contribution in [2.75, 3.05) is 0 Å². The molecule has 3 saturated carbocycles. The second kappa shape index (κ2) is 7.99. The van der Waals surface area contributed by atoms with E-state index in [4.69, 9.17) is 11.6 Å². The molecule has 0 radical (unpaired) electrons. The molecule has 4 rings (SSSR count). The summed E-state index contributed by atoms with van der Waals surface area (Å²) in [6, 6.07) is 0. The maximum absolute atomic E-state index is 12.2. The number of hydrogen-bond donors (Lipinski definition) is 0. The molecule has 7 atom stereocenters. The summed E-state index contributed by atoms with van der Waals surface area (Å²) >= 11 is 6.57. The lowest BCUT2D eigenvalue weighted by atomic mass is 9.46. The van der Waals surface area contributed by atoms with Gasteiger partial charge in [-0.15, -0.1) is 0 Å². The van der Waals surface area contributed by atoms with Crippen LogP contribution in [0.25, 0.3) is 0 Å². The first-order valence-corrected chi connectivity index (χ1v) is 13.0. The number of halogens is 1. The van der Waals surface area contributed by atoms with E-state index in [0.29, 0.717) is 16.9 Å². The summed E-state index contributed by atoms with van der Waals surface area (Å²) in [5.74, 6) is 5.33. The molecular weight excluding hydrogens is 376 g/mol. The Bertz CT molecular complexity index is 678. The molecule has 29 heavy (non-hydrogen) atoms. The van der Waals surface area contributed by atoms with Crippen LogP contribution in [0, 0.1) is 46.3 Å². The lowest BCUT2D eigenvalue weighted by molar-refractivity contribution is -0.118. The highest BCUT2D eigenvalue weighted by atomic mass is 35.5. The average molecular weight is 419 g/mol. The van der Waals surface area contributed by atoms with Crippen molar-refractivity contribution in [3.05, 3.63) is 10.6 Å². The van der Waals surface area contributed by atoms with Gasteiger partial charge >= 0.3 is 0 Å². The first-order valence-electron chi connectivity index (χ1n) is 12.6. The number of carbonyl (C=O) groups excluding carboxylic acids is 1. The van der Waals surface area contributed by atoms with E-state index < -0.39 is 0 Å². The minimum Gasteiger partial charge on any atom is -0.293 e. The Labute approximate surface area is 184 Å². The van der Waals surface area contributed by atoms with Crippen molar-refractivity contribution in [1.82, 2.24) is 0 Å². The van der Waals surface area contributed by atoms with Gasteiger partial charge in [-0.05, 0) is 96.9 Å². The van der Waals surface area contributed by atoms with E-state index in [0.717, 1.165) is 48.3 Å². The van der Waals surface area contributed by atoms with Gasteiger partial charge in [0.1, 0.15) is 0 Å². The highest BCUT2D eigenvalue weighted by Crippen LogP contribution is 2.68. The Kier molecular flexibility index (Phi) is 6.04. The predicted octanol–water partition coefficient (Wildman–Crippen LogP) is 8.16. The molecule has 3 fully saturated rings. The summed E-state index contributed by atoms with van der Waals surface area (Å²) in [4.78, 5) is 12.2. The van der Waals surface area contributed by atoms with Crippen LogP contribution < -0.4 is 0 Å². The molecule has 0 aromatic carbocycles. The van der Waals surface area contributed by atoms with Gasteiger partial charge < -0.3 is 0 Å². The van der Waals surface area contributed by atoms with Gasteiger partial charge in [0.25, 0.3) is 0 Å². The van der Waals surface area contributed by atoms with Crippen LogP contribution >= 0.6 is 11.6 Å². The fourth-order valence-electron chi connectivity index (χ4n) is 8.67. The highest BCUT2D eigenvalue weighted by Gasteiger charge is 2.59. The maximum Gasteiger partial charge on any atom is 0.174 e. The lowest BCUT2D eigenvalue weighted by Crippen LogP contribution is -2.51. The van der Waals surface area contributed by atoms with E-state index in [2.05, 4.69) is 34.6 Å². The number of Topliss-reactive ketones (excluding diaryl/α,β-unsaturated/α-hetero) is 1. The fraction of sp³-hybridized carbons (Fsp3) is 0.889. The number of fused-ring (bicyclic) bond motifs is 5. The monoisotopic (exact) mass is 418 g/mol. The number of carbonyl (C=O) groups is 1. The Balaban J connectivity index is 1.52. The van der Waals surface area contributed by atoms with Crippen molar-refractivity contribution in [3.63, 3.8) is 0 Å². The van der Waals surface area contributed by atoms with Crippen molar-refractivity contribution in [2.45, 2.75) is 105 Å². The van der Waals surface area contributed by atoms with E-state index in [1.54, 1.807) is 0 Å². The summed E-state index contributed by atoms with van der Waals surface area (Å²) in [6.45, 7) is 12.4. The highest BCUT2D eigenvalue weighted by molar-refractivity contribution is 6.43. The molecule has 0 aliphatic heterocycles. The molecule has 0 saturated heterocycles. The standard InChI is InChI=1S/C27H43ClO/c1-17(2)7-6-8-18(3)20-11-12-21-19-9-10-23-25(28)24(29)14-16-27(23,5)22(19)13-15-26(20,21)4/h17-22H,6-16H2,1-5H3/t18-,19-,20+,21-,22-,26+,27+/m0/s1. The second-order valence-corrected chi connectivity index (χ2v) is 12.5. The summed E-state index contributed by atoms with van der Waals surface area (Å²) in [6.07, 6.45) is 13.9. The molecule has 0 spiro atoms. The Hall–Kier alpha value is -0.300. The van der Waals surface area contributed by atoms with Crippen LogP contribution in [-0.2, 0) is 4.79 Å². The number of ketones is 1. The van der Waals surface area contributed by atoms with Gasteiger partial charge in [-0.2, -0.15) is 0 Å². The van der Waals surface area contributed by atoms with Gasteiger partial charge in [0.2, 0.25) is 0 Å². The molecule has 164 valence electrons. The number of hydrogen-bond acceptors (Lipinski definition) is 1. The average Bonchev–Trinajstić information content (AvgIpc) is 3.02. The van der Waals surface area contributed by atoms with Gasteiger partial charge in [0.15, 0.2) is 5.78 Å². The summed E-state index contributed by atoms with van der Waals surface area (Å²) in [5, 5.41) is 0.619. The Morgan fingerprint density at radius 2 is 1.72 bits per heavy atom. The molecule has 4 aliphatic rings. The zero-order valence-electron chi connectivity index (χ0n) is 19.5. The van der Waals surface area contributed by atoms with Crippen LogP contribution in [0.1, 0.15) is 105 Å². The van der Waals surface area contributed by atoms with Gasteiger partial charge in [-0.3, -0.25) is 4.79 Å². The first-order chi connectivity index (χ1) is 13.7. The smallest absolute Gasteiger partial charge is 0.174 e. The minimum atomic E-state index is 0.191. The third-order valence-electron chi connectivity index (χ3n) is 10.3. The van der Waals surface area contributed by atoms with E-state index in [-0.39, 0.29) is 11.2 Å². The van der Waals surface area contributed by atoms with Gasteiger partial charge in [0.05, 0.1) is 5.03 Å². The van der Waals surface area contributed by atoms with Gasteiger partial charge in [0, 0.05) is 6.42 Å². The van der Waals surface area contributed by atoms with Crippen LogP contribution in [0.2, 0.25) is 0 Å². The molecule has 4 aliphatic carbocycles. The molecule has 0 N–H and O–H groups in total. The summed E-state index contributed by atoms with van der Waals surface area (Å²) < 4.78 is 0. The van der Waals surface area contributed by atoms with Gasteiger partial charge in [-0.25, -0.2) is 0 Å². The predicted molar refractivity (Wildman–Crippen MR) is 123 cm³/mol. The molecule has 1 nitrogen and oxygen atoms in total. The minimum absolute atomic E-state index is 0.191. The molecule has 0 bridgehead atoms. The second-order valence-electron chi connectivity index (χ2n) is 12.1. The third-order valence-corrected chi connectivity index (χ3v) is 10.7. The zero-order valence-corrected chi connectivity index (χ0v) is 20.3. The maximum atomic E-state index is 12.2. The van der Waals surface area contributed by atoms with Crippen LogP contribution in [0.4, 0.5) is 0 Å². The van der Waals surface area contributed by atoms with Crippen molar-refractivity contribution < 1.29 is 4.79 Å². The van der Waals surface area contributed by atoms with E-state index >= 15 is 0 Å². The SMILES string of the molecule is CC(C)CCC[C@H](C)[C@H]1CC[C@H]2[C@@H]3CCC4=C(Cl)C(=O)CC[C@]4(C)[C@H]3CC[C@]12C. The topological polar surface area (TPSA) is 17.1 Å². The molecule has 0 heterocycles. The first kappa shape index (κ1) is 21.9. The Morgan fingerprint density at radius 1 is 0.966 bits per heavy atom. The molecule has 0 aromatic heterocycles. The molecule has 2 heteroatoms. The van der Waals surface area contributed by atoms with Gasteiger partial charge in [-0.1, -0.05) is 65.5 Å². The Morgan fingerprint density at radius 3 is 2.45 bits per heavy atom. The van der Waals surface area contributed by atoms with E-state index in [9.17, 15) is 4.79 Å². The van der Waals surface area contributed by atoms with Crippen LogP contribution in [-0.4, -0.2) is 5.78 Å². The zero-order chi connectivity index (χ0) is 21.0. The quantitative estimate of drug-likeness (QED) is 0.440. The van der Waals surface area contributed by atoms with Crippen molar-refractivity contribution >= 4 is 17.4 Å². The van der Waals surface area contributed by atoms with Crippen molar-refractivity contribution in [2.24, 2.45) is 46.3 Å². The molecule has 0 amide bonds. The van der Waals surface area contributed by atoms with Crippen molar-refractivity contribution in [3.8, 4) is 0 Å².